The summed E-state index contributed by atoms with van der Waals surface area (Å²) < 4.78 is 14.6. The van der Waals surface area contributed by atoms with E-state index >= 15 is 0 Å². The van der Waals surface area contributed by atoms with E-state index in [0.717, 1.165) is 56.1 Å². The van der Waals surface area contributed by atoms with Gasteiger partial charge >= 0.3 is 0 Å². The topological polar surface area (TPSA) is 21.7 Å². The molecule has 0 aromatic heterocycles. The first-order chi connectivity index (χ1) is 14.9. The molecule has 1 aliphatic rings. The second kappa shape index (κ2) is 9.25. The fraction of sp³-hybridized carbons (Fsp3) is 0.308. The summed E-state index contributed by atoms with van der Waals surface area (Å²) in [6, 6.07) is 20.6. The van der Waals surface area contributed by atoms with Gasteiger partial charge in [0.2, 0.25) is 0 Å². The van der Waals surface area contributed by atoms with Gasteiger partial charge in [0.15, 0.2) is 11.5 Å². The SMILES string of the molecule is CCCCC(C)(CC)Oc1ccc(N2c3ccc(Br)cc3Oc3cc(Br)ccc32)cc1. The summed E-state index contributed by atoms with van der Waals surface area (Å²) in [7, 11) is 0. The van der Waals surface area contributed by atoms with Crippen LogP contribution in [-0.2, 0) is 0 Å². The molecule has 3 nitrogen and oxygen atoms in total. The first-order valence-electron chi connectivity index (χ1n) is 10.8. The highest BCUT2D eigenvalue weighted by Crippen LogP contribution is 2.51. The van der Waals surface area contributed by atoms with Crippen LogP contribution in [0.3, 0.4) is 0 Å². The highest BCUT2D eigenvalue weighted by molar-refractivity contribution is 9.10. The Kier molecular flexibility index (Phi) is 6.63. The average Bonchev–Trinajstić information content (AvgIpc) is 2.76. The number of ether oxygens (including phenoxy) is 2. The quantitative estimate of drug-likeness (QED) is 0.231. The third-order valence-electron chi connectivity index (χ3n) is 5.81. The molecule has 3 aromatic rings. The summed E-state index contributed by atoms with van der Waals surface area (Å²) in [5.41, 5.74) is 2.95. The zero-order chi connectivity index (χ0) is 22.0. The zero-order valence-corrected chi connectivity index (χ0v) is 21.3. The lowest BCUT2D eigenvalue weighted by atomic mass is 9.96. The standard InChI is InChI=1S/C26H27Br2NO2/c1-4-6-15-26(3,5-2)31-21-11-9-20(10-12-21)29-22-13-7-18(27)16-24(22)30-25-17-19(28)8-14-23(25)29/h7-14,16-17H,4-6,15H2,1-3H3. The summed E-state index contributed by atoms with van der Waals surface area (Å²) >= 11 is 7.12. The van der Waals surface area contributed by atoms with Crippen LogP contribution >= 0.6 is 31.9 Å². The van der Waals surface area contributed by atoms with Gasteiger partial charge in [-0.05, 0) is 86.8 Å². The molecule has 1 atom stereocenters. The first kappa shape index (κ1) is 22.2. The Labute approximate surface area is 201 Å². The predicted molar refractivity (Wildman–Crippen MR) is 135 cm³/mol. The maximum atomic E-state index is 6.41. The van der Waals surface area contributed by atoms with Gasteiger partial charge in [0.1, 0.15) is 11.4 Å². The van der Waals surface area contributed by atoms with Crippen molar-refractivity contribution >= 4 is 48.9 Å². The van der Waals surface area contributed by atoms with Crippen LogP contribution in [0.2, 0.25) is 0 Å². The van der Waals surface area contributed by atoms with Crippen molar-refractivity contribution in [1.29, 1.82) is 0 Å². The smallest absolute Gasteiger partial charge is 0.152 e. The molecule has 0 bridgehead atoms. The van der Waals surface area contributed by atoms with Gasteiger partial charge in [0.25, 0.3) is 0 Å². The number of nitrogens with zero attached hydrogens (tertiary/aromatic N) is 1. The van der Waals surface area contributed by atoms with Crippen molar-refractivity contribution in [3.63, 3.8) is 0 Å². The van der Waals surface area contributed by atoms with E-state index in [-0.39, 0.29) is 5.60 Å². The molecular weight excluding hydrogens is 518 g/mol. The lowest BCUT2D eigenvalue weighted by molar-refractivity contribution is 0.0724. The van der Waals surface area contributed by atoms with Crippen LogP contribution in [0.4, 0.5) is 17.1 Å². The van der Waals surface area contributed by atoms with E-state index in [4.69, 9.17) is 9.47 Å². The third-order valence-corrected chi connectivity index (χ3v) is 6.80. The molecule has 3 aromatic carbocycles. The molecule has 1 unspecified atom stereocenters. The van der Waals surface area contributed by atoms with E-state index in [2.05, 4.69) is 93.9 Å². The summed E-state index contributed by atoms with van der Waals surface area (Å²) in [5, 5.41) is 0. The molecule has 0 saturated carbocycles. The van der Waals surface area contributed by atoms with Crippen LogP contribution in [0.15, 0.2) is 69.6 Å². The van der Waals surface area contributed by atoms with E-state index in [0.29, 0.717) is 0 Å². The molecule has 1 heterocycles. The minimum Gasteiger partial charge on any atom is -0.488 e. The Morgan fingerprint density at radius 3 is 1.97 bits per heavy atom. The lowest BCUT2D eigenvalue weighted by Crippen LogP contribution is -2.31. The molecule has 5 heteroatoms. The van der Waals surface area contributed by atoms with E-state index in [1.54, 1.807) is 0 Å². The molecule has 0 amide bonds. The Bertz CT molecular complexity index is 1020. The van der Waals surface area contributed by atoms with Gasteiger partial charge in [-0.2, -0.15) is 0 Å². The van der Waals surface area contributed by atoms with Crippen LogP contribution in [0, 0.1) is 0 Å². The molecule has 0 spiro atoms. The summed E-state index contributed by atoms with van der Waals surface area (Å²) in [6.07, 6.45) is 4.41. The van der Waals surface area contributed by atoms with Crippen molar-refractivity contribution in [2.45, 2.75) is 52.1 Å². The van der Waals surface area contributed by atoms with E-state index in [9.17, 15) is 0 Å². The van der Waals surface area contributed by atoms with Gasteiger partial charge in [0, 0.05) is 14.6 Å². The van der Waals surface area contributed by atoms with Crippen molar-refractivity contribution in [3.8, 4) is 17.2 Å². The Hall–Kier alpha value is -1.98. The second-order valence-corrected chi connectivity index (χ2v) is 10.00. The largest absolute Gasteiger partial charge is 0.488 e. The Morgan fingerprint density at radius 1 is 0.871 bits per heavy atom. The maximum Gasteiger partial charge on any atom is 0.152 e. The zero-order valence-electron chi connectivity index (χ0n) is 18.1. The minimum atomic E-state index is -0.131. The van der Waals surface area contributed by atoms with Crippen LogP contribution in [-0.4, -0.2) is 5.60 Å². The van der Waals surface area contributed by atoms with Crippen molar-refractivity contribution < 1.29 is 9.47 Å². The lowest BCUT2D eigenvalue weighted by Gasteiger charge is -2.33. The van der Waals surface area contributed by atoms with Gasteiger partial charge in [0.05, 0.1) is 11.4 Å². The highest BCUT2D eigenvalue weighted by atomic mass is 79.9. The molecule has 1 aliphatic heterocycles. The van der Waals surface area contributed by atoms with E-state index < -0.39 is 0 Å². The van der Waals surface area contributed by atoms with Gasteiger partial charge in [-0.3, -0.25) is 0 Å². The molecule has 0 radical (unpaired) electrons. The number of halogens is 2. The van der Waals surface area contributed by atoms with Gasteiger partial charge in [-0.15, -0.1) is 0 Å². The molecule has 4 rings (SSSR count). The van der Waals surface area contributed by atoms with Gasteiger partial charge < -0.3 is 14.4 Å². The van der Waals surface area contributed by atoms with Crippen LogP contribution in [0.1, 0.15) is 46.5 Å². The Morgan fingerprint density at radius 2 is 1.45 bits per heavy atom. The van der Waals surface area contributed by atoms with Crippen molar-refractivity contribution in [2.75, 3.05) is 4.90 Å². The summed E-state index contributed by atoms with van der Waals surface area (Å²) in [4.78, 5) is 2.23. The molecule has 31 heavy (non-hydrogen) atoms. The number of hydrogen-bond acceptors (Lipinski definition) is 3. The minimum absolute atomic E-state index is 0.131. The Balaban J connectivity index is 1.68. The molecule has 0 saturated heterocycles. The molecule has 0 aliphatic carbocycles. The fourth-order valence-corrected chi connectivity index (χ4v) is 4.51. The fourth-order valence-electron chi connectivity index (χ4n) is 3.83. The van der Waals surface area contributed by atoms with Crippen LogP contribution in [0.25, 0.3) is 0 Å². The van der Waals surface area contributed by atoms with Crippen LogP contribution in [0.5, 0.6) is 17.2 Å². The third kappa shape index (κ3) is 4.78. The van der Waals surface area contributed by atoms with Crippen molar-refractivity contribution in [1.82, 2.24) is 0 Å². The van der Waals surface area contributed by atoms with Gasteiger partial charge in [-0.1, -0.05) is 52.1 Å². The summed E-state index contributed by atoms with van der Waals surface area (Å²) in [6.45, 7) is 6.63. The molecule has 0 N–H and O–H groups in total. The summed E-state index contributed by atoms with van der Waals surface area (Å²) in [5.74, 6) is 2.54. The number of hydrogen-bond donors (Lipinski definition) is 0. The van der Waals surface area contributed by atoms with Crippen molar-refractivity contribution in [2.24, 2.45) is 0 Å². The van der Waals surface area contributed by atoms with E-state index in [1.807, 2.05) is 24.3 Å². The number of anilines is 3. The first-order valence-corrected chi connectivity index (χ1v) is 12.4. The van der Waals surface area contributed by atoms with Crippen molar-refractivity contribution in [3.05, 3.63) is 69.6 Å². The maximum absolute atomic E-state index is 6.41. The van der Waals surface area contributed by atoms with E-state index in [1.165, 1.54) is 12.8 Å². The van der Waals surface area contributed by atoms with Crippen LogP contribution < -0.4 is 14.4 Å². The number of unbranched alkanes of at least 4 members (excludes halogenated alkanes) is 1. The monoisotopic (exact) mass is 543 g/mol. The number of benzene rings is 3. The molecular formula is C26H27Br2NO2. The number of rotatable bonds is 7. The molecule has 162 valence electrons. The predicted octanol–water partition coefficient (Wildman–Crippen LogP) is 9.52. The normalized spacial score (nSPS) is 14.3. The molecule has 0 fully saturated rings. The second-order valence-electron chi connectivity index (χ2n) is 8.16. The van der Waals surface area contributed by atoms with Gasteiger partial charge in [-0.25, -0.2) is 0 Å². The number of fused-ring (bicyclic) bond motifs is 2. The highest BCUT2D eigenvalue weighted by Gasteiger charge is 2.27. The average molecular weight is 545 g/mol.